The Labute approximate surface area is 292 Å². The number of hydrogen-bond acceptors (Lipinski definition) is 2. The van der Waals surface area contributed by atoms with Crippen LogP contribution in [-0.4, -0.2) is 4.98 Å². The van der Waals surface area contributed by atoms with Gasteiger partial charge in [0.2, 0.25) is 0 Å². The predicted molar refractivity (Wildman–Crippen MR) is 210 cm³/mol. The molecule has 8 aromatic rings. The van der Waals surface area contributed by atoms with Crippen LogP contribution < -0.4 is 5.32 Å². The molecule has 1 aliphatic rings. The predicted octanol–water partition coefficient (Wildman–Crippen LogP) is 12.2. The Morgan fingerprint density at radius 2 is 1.06 bits per heavy atom. The maximum Gasteiger partial charge on any atom is 0.0722 e. The van der Waals surface area contributed by atoms with Gasteiger partial charge in [0.25, 0.3) is 0 Å². The molecule has 0 saturated carbocycles. The van der Waals surface area contributed by atoms with Crippen molar-refractivity contribution in [1.29, 1.82) is 0 Å². The average molecular weight is 639 g/mol. The Kier molecular flexibility index (Phi) is 7.60. The molecule has 1 aliphatic heterocycles. The lowest BCUT2D eigenvalue weighted by molar-refractivity contribution is 0.767. The van der Waals surface area contributed by atoms with E-state index in [1.165, 1.54) is 60.7 Å². The van der Waals surface area contributed by atoms with Crippen LogP contribution in [0.25, 0.3) is 66.5 Å². The molecule has 0 fully saturated rings. The molecule has 2 heteroatoms. The number of allylic oxidation sites excluding steroid dienone is 2. The van der Waals surface area contributed by atoms with Crippen molar-refractivity contribution in [3.8, 4) is 33.5 Å². The van der Waals surface area contributed by atoms with E-state index in [1.807, 2.05) is 6.07 Å². The fourth-order valence-corrected chi connectivity index (χ4v) is 7.14. The summed E-state index contributed by atoms with van der Waals surface area (Å²) in [4.78, 5) is 5.15. The molecular weight excluding hydrogens is 605 g/mol. The highest BCUT2D eigenvalue weighted by Crippen LogP contribution is 2.38. The van der Waals surface area contributed by atoms with E-state index in [0.717, 1.165) is 22.5 Å². The number of nitrogens with one attached hydrogen (secondary N) is 1. The zero-order chi connectivity index (χ0) is 33.3. The van der Waals surface area contributed by atoms with Crippen LogP contribution in [0.15, 0.2) is 194 Å². The molecule has 1 unspecified atom stereocenters. The standard InChI is InChI=1S/C48H34N2/c1-5-13-35(14-6-1)43-32-47(38-19-11-4-12-20-38)49-44-28-26-40-29-39(25-27-42(40)48(43)44)33-21-23-34(24-22-33)41-30-45(36-15-7-2-8-16-36)50-46(31-41)37-17-9-3-10-18-37/h1-32,45,50H. The quantitative estimate of drug-likeness (QED) is 0.183. The summed E-state index contributed by atoms with van der Waals surface area (Å²) >= 11 is 0. The molecule has 0 aliphatic carbocycles. The number of pyridine rings is 1. The van der Waals surface area contributed by atoms with Crippen LogP contribution in [0.5, 0.6) is 0 Å². The van der Waals surface area contributed by atoms with E-state index < -0.39 is 0 Å². The van der Waals surface area contributed by atoms with Crippen molar-refractivity contribution in [2.45, 2.75) is 6.04 Å². The SMILES string of the molecule is C1=C(c2ccc(-c3ccc4c(ccc5nc(-c6ccccc6)cc(-c6ccccc6)c54)c3)cc2)C=C(c2ccccc2)NC1c1ccccc1. The van der Waals surface area contributed by atoms with Gasteiger partial charge in [0.05, 0.1) is 17.3 Å². The zero-order valence-electron chi connectivity index (χ0n) is 27.5. The maximum atomic E-state index is 5.15. The molecule has 2 nitrogen and oxygen atoms in total. The van der Waals surface area contributed by atoms with Crippen molar-refractivity contribution in [2.24, 2.45) is 0 Å². The molecule has 0 amide bonds. The molecule has 0 spiro atoms. The third kappa shape index (κ3) is 5.67. The van der Waals surface area contributed by atoms with Crippen molar-refractivity contribution >= 4 is 32.9 Å². The summed E-state index contributed by atoms with van der Waals surface area (Å²) in [7, 11) is 0. The minimum absolute atomic E-state index is 0.0837. The van der Waals surface area contributed by atoms with Crippen molar-refractivity contribution < 1.29 is 0 Å². The zero-order valence-corrected chi connectivity index (χ0v) is 27.5. The number of benzene rings is 7. The molecular formula is C48H34N2. The first-order valence-corrected chi connectivity index (χ1v) is 17.2. The van der Waals surface area contributed by atoms with Gasteiger partial charge in [-0.15, -0.1) is 0 Å². The Balaban J connectivity index is 1.10. The van der Waals surface area contributed by atoms with Gasteiger partial charge in [0, 0.05) is 16.6 Å². The van der Waals surface area contributed by atoms with E-state index in [-0.39, 0.29) is 6.04 Å². The van der Waals surface area contributed by atoms with Gasteiger partial charge < -0.3 is 5.32 Å². The second kappa shape index (κ2) is 12.8. The Bertz CT molecular complexity index is 2520. The molecule has 0 bridgehead atoms. The van der Waals surface area contributed by atoms with Crippen molar-refractivity contribution in [3.63, 3.8) is 0 Å². The topological polar surface area (TPSA) is 24.9 Å². The number of fused-ring (bicyclic) bond motifs is 3. The number of rotatable bonds is 6. The number of nitrogens with zero attached hydrogens (tertiary/aromatic N) is 1. The van der Waals surface area contributed by atoms with Crippen molar-refractivity contribution in [3.05, 3.63) is 211 Å². The third-order valence-electron chi connectivity index (χ3n) is 9.70. The first kappa shape index (κ1) is 29.6. The van der Waals surface area contributed by atoms with Gasteiger partial charge in [-0.25, -0.2) is 4.98 Å². The summed E-state index contributed by atoms with van der Waals surface area (Å²) in [6, 6.07) is 64.9. The number of hydrogen-bond donors (Lipinski definition) is 1. The van der Waals surface area contributed by atoms with Gasteiger partial charge in [-0.05, 0) is 85.6 Å². The Hall–Kier alpha value is -6.51. The summed E-state index contributed by atoms with van der Waals surface area (Å²) in [5.41, 5.74) is 13.8. The molecule has 50 heavy (non-hydrogen) atoms. The fourth-order valence-electron chi connectivity index (χ4n) is 7.14. The van der Waals surface area contributed by atoms with Gasteiger partial charge in [0.15, 0.2) is 0 Å². The van der Waals surface area contributed by atoms with E-state index in [4.69, 9.17) is 4.98 Å². The number of aromatic nitrogens is 1. The summed E-state index contributed by atoms with van der Waals surface area (Å²) in [6.45, 7) is 0. The number of dihydropyridines is 1. The van der Waals surface area contributed by atoms with Gasteiger partial charge >= 0.3 is 0 Å². The second-order valence-electron chi connectivity index (χ2n) is 12.8. The van der Waals surface area contributed by atoms with Crippen LogP contribution in [0.4, 0.5) is 0 Å². The Morgan fingerprint density at radius 3 is 1.76 bits per heavy atom. The summed E-state index contributed by atoms with van der Waals surface area (Å²) < 4.78 is 0. The summed E-state index contributed by atoms with van der Waals surface area (Å²) in [6.07, 6.45) is 4.60. The van der Waals surface area contributed by atoms with Crippen LogP contribution in [0, 0.1) is 0 Å². The monoisotopic (exact) mass is 638 g/mol. The van der Waals surface area contributed by atoms with Crippen LogP contribution in [0.3, 0.4) is 0 Å². The highest BCUT2D eigenvalue weighted by atomic mass is 14.9. The minimum Gasteiger partial charge on any atom is -0.374 e. The van der Waals surface area contributed by atoms with E-state index in [2.05, 4.69) is 193 Å². The third-order valence-corrected chi connectivity index (χ3v) is 9.70. The van der Waals surface area contributed by atoms with Crippen molar-refractivity contribution in [2.75, 3.05) is 0 Å². The van der Waals surface area contributed by atoms with Crippen LogP contribution in [0.1, 0.15) is 22.7 Å². The molecule has 0 saturated heterocycles. The largest absolute Gasteiger partial charge is 0.374 e. The van der Waals surface area contributed by atoms with E-state index >= 15 is 0 Å². The molecule has 1 atom stereocenters. The molecule has 236 valence electrons. The molecule has 2 heterocycles. The normalized spacial score (nSPS) is 14.2. The Morgan fingerprint density at radius 1 is 0.460 bits per heavy atom. The van der Waals surface area contributed by atoms with Crippen LogP contribution in [0.2, 0.25) is 0 Å². The van der Waals surface area contributed by atoms with Crippen LogP contribution in [-0.2, 0) is 0 Å². The van der Waals surface area contributed by atoms with Crippen LogP contribution >= 0.6 is 0 Å². The smallest absolute Gasteiger partial charge is 0.0722 e. The second-order valence-corrected chi connectivity index (χ2v) is 12.8. The highest BCUT2D eigenvalue weighted by Gasteiger charge is 2.18. The van der Waals surface area contributed by atoms with Gasteiger partial charge in [-0.2, -0.15) is 0 Å². The highest BCUT2D eigenvalue weighted by molar-refractivity contribution is 6.14. The first-order chi connectivity index (χ1) is 24.8. The van der Waals surface area contributed by atoms with Crippen molar-refractivity contribution in [1.82, 2.24) is 10.3 Å². The summed E-state index contributed by atoms with van der Waals surface area (Å²) in [5.74, 6) is 0. The lowest BCUT2D eigenvalue weighted by Crippen LogP contribution is -2.21. The lowest BCUT2D eigenvalue weighted by atomic mass is 9.91. The van der Waals surface area contributed by atoms with E-state index in [9.17, 15) is 0 Å². The van der Waals surface area contributed by atoms with Gasteiger partial charge in [0.1, 0.15) is 0 Å². The van der Waals surface area contributed by atoms with Gasteiger partial charge in [-0.1, -0.05) is 164 Å². The summed E-state index contributed by atoms with van der Waals surface area (Å²) in [5, 5.41) is 7.35. The lowest BCUT2D eigenvalue weighted by Gasteiger charge is -2.25. The molecule has 9 rings (SSSR count). The molecule has 7 aromatic carbocycles. The van der Waals surface area contributed by atoms with E-state index in [0.29, 0.717) is 0 Å². The van der Waals surface area contributed by atoms with Gasteiger partial charge in [-0.3, -0.25) is 0 Å². The minimum atomic E-state index is 0.0837. The average Bonchev–Trinajstić information content (AvgIpc) is 3.21. The fraction of sp³-hybridized carbons (Fsp3) is 0.0208. The molecule has 1 N–H and O–H groups in total. The molecule has 1 aromatic heterocycles. The molecule has 0 radical (unpaired) electrons. The maximum absolute atomic E-state index is 5.15. The van der Waals surface area contributed by atoms with E-state index in [1.54, 1.807) is 0 Å². The first-order valence-electron chi connectivity index (χ1n) is 17.2.